The van der Waals surface area contributed by atoms with Crippen LogP contribution in [-0.2, 0) is 0 Å². The van der Waals surface area contributed by atoms with E-state index in [2.05, 4.69) is 0 Å². The fourth-order valence-corrected chi connectivity index (χ4v) is 1.56. The van der Waals surface area contributed by atoms with Crippen molar-refractivity contribution in [1.82, 2.24) is 0 Å². The molecule has 2 aromatic carbocycles. The quantitative estimate of drug-likeness (QED) is 0.829. The number of hydrogen-bond donors (Lipinski definition) is 1. The van der Waals surface area contributed by atoms with Crippen molar-refractivity contribution in [3.8, 4) is 17.2 Å². The van der Waals surface area contributed by atoms with Crippen LogP contribution in [0, 0.1) is 0 Å². The molecular formula is C15H17NO2. The summed E-state index contributed by atoms with van der Waals surface area (Å²) in [6.45, 7) is 3.99. The second-order valence-electron chi connectivity index (χ2n) is 4.31. The van der Waals surface area contributed by atoms with Crippen LogP contribution in [0.25, 0.3) is 0 Å². The first kappa shape index (κ1) is 12.3. The van der Waals surface area contributed by atoms with Crippen LogP contribution in [0.1, 0.15) is 13.8 Å². The molecule has 0 aliphatic heterocycles. The van der Waals surface area contributed by atoms with Gasteiger partial charge in [-0.1, -0.05) is 6.07 Å². The standard InChI is InChI=1S/C15H17NO2/c1-11(2)17-14-4-3-5-15(10-14)18-13-8-6-12(16)7-9-13/h3-11H,16H2,1-2H3. The third kappa shape index (κ3) is 3.42. The fourth-order valence-electron chi connectivity index (χ4n) is 1.56. The van der Waals surface area contributed by atoms with Gasteiger partial charge in [-0.3, -0.25) is 0 Å². The van der Waals surface area contributed by atoms with Crippen molar-refractivity contribution >= 4 is 5.69 Å². The lowest BCUT2D eigenvalue weighted by atomic mass is 10.3. The van der Waals surface area contributed by atoms with Crippen molar-refractivity contribution in [2.45, 2.75) is 20.0 Å². The Balaban J connectivity index is 2.11. The van der Waals surface area contributed by atoms with E-state index in [0.717, 1.165) is 22.9 Å². The molecule has 0 bridgehead atoms. The van der Waals surface area contributed by atoms with Crippen LogP contribution in [0.4, 0.5) is 5.69 Å². The molecule has 0 heterocycles. The lowest BCUT2D eigenvalue weighted by Crippen LogP contribution is -2.05. The average molecular weight is 243 g/mol. The van der Waals surface area contributed by atoms with Crippen LogP contribution in [-0.4, -0.2) is 6.10 Å². The molecule has 0 spiro atoms. The molecule has 0 radical (unpaired) electrons. The van der Waals surface area contributed by atoms with E-state index in [9.17, 15) is 0 Å². The van der Waals surface area contributed by atoms with E-state index in [4.69, 9.17) is 15.2 Å². The monoisotopic (exact) mass is 243 g/mol. The van der Waals surface area contributed by atoms with E-state index in [1.165, 1.54) is 0 Å². The van der Waals surface area contributed by atoms with Crippen molar-refractivity contribution in [2.75, 3.05) is 5.73 Å². The first-order chi connectivity index (χ1) is 8.63. The first-order valence-electron chi connectivity index (χ1n) is 5.93. The molecule has 0 amide bonds. The third-order valence-electron chi connectivity index (χ3n) is 2.29. The number of benzene rings is 2. The van der Waals surface area contributed by atoms with Gasteiger partial charge in [0, 0.05) is 11.8 Å². The molecule has 0 aliphatic rings. The second kappa shape index (κ2) is 5.45. The smallest absolute Gasteiger partial charge is 0.131 e. The van der Waals surface area contributed by atoms with Crippen molar-refractivity contribution in [1.29, 1.82) is 0 Å². The topological polar surface area (TPSA) is 44.5 Å². The van der Waals surface area contributed by atoms with Crippen LogP contribution in [0.2, 0.25) is 0 Å². The molecule has 3 heteroatoms. The van der Waals surface area contributed by atoms with Crippen molar-refractivity contribution in [3.05, 3.63) is 48.5 Å². The predicted molar refractivity (Wildman–Crippen MR) is 73.1 cm³/mol. The van der Waals surface area contributed by atoms with E-state index >= 15 is 0 Å². The van der Waals surface area contributed by atoms with Gasteiger partial charge in [-0.2, -0.15) is 0 Å². The minimum Gasteiger partial charge on any atom is -0.491 e. The molecule has 0 aromatic heterocycles. The number of nitrogens with two attached hydrogens (primary N) is 1. The number of nitrogen functional groups attached to an aromatic ring is 1. The van der Waals surface area contributed by atoms with E-state index in [1.54, 1.807) is 0 Å². The largest absolute Gasteiger partial charge is 0.491 e. The zero-order chi connectivity index (χ0) is 13.0. The van der Waals surface area contributed by atoms with Gasteiger partial charge in [-0.25, -0.2) is 0 Å². The van der Waals surface area contributed by atoms with Gasteiger partial charge in [-0.15, -0.1) is 0 Å². The van der Waals surface area contributed by atoms with Crippen LogP contribution in [0.5, 0.6) is 17.2 Å². The highest BCUT2D eigenvalue weighted by molar-refractivity contribution is 5.43. The summed E-state index contributed by atoms with van der Waals surface area (Å²) in [4.78, 5) is 0. The summed E-state index contributed by atoms with van der Waals surface area (Å²) in [6.07, 6.45) is 0.150. The average Bonchev–Trinajstić information content (AvgIpc) is 2.32. The number of anilines is 1. The Morgan fingerprint density at radius 3 is 2.22 bits per heavy atom. The third-order valence-corrected chi connectivity index (χ3v) is 2.29. The van der Waals surface area contributed by atoms with Crippen LogP contribution in [0.15, 0.2) is 48.5 Å². The molecule has 94 valence electrons. The minimum atomic E-state index is 0.150. The predicted octanol–water partition coefficient (Wildman–Crippen LogP) is 3.85. The first-order valence-corrected chi connectivity index (χ1v) is 5.93. The Kier molecular flexibility index (Phi) is 3.72. The Hall–Kier alpha value is -2.16. The highest BCUT2D eigenvalue weighted by atomic mass is 16.5. The summed E-state index contributed by atoms with van der Waals surface area (Å²) in [7, 11) is 0. The molecule has 2 rings (SSSR count). The van der Waals surface area contributed by atoms with Crippen molar-refractivity contribution in [2.24, 2.45) is 0 Å². The van der Waals surface area contributed by atoms with E-state index in [0.29, 0.717) is 0 Å². The van der Waals surface area contributed by atoms with Gasteiger partial charge in [0.15, 0.2) is 0 Å². The van der Waals surface area contributed by atoms with Crippen LogP contribution < -0.4 is 15.2 Å². The van der Waals surface area contributed by atoms with Gasteiger partial charge in [-0.05, 0) is 50.2 Å². The van der Waals surface area contributed by atoms with Crippen LogP contribution >= 0.6 is 0 Å². The summed E-state index contributed by atoms with van der Waals surface area (Å²) in [5.74, 6) is 2.31. The van der Waals surface area contributed by atoms with Gasteiger partial charge in [0.05, 0.1) is 6.10 Å². The number of rotatable bonds is 4. The van der Waals surface area contributed by atoms with Gasteiger partial charge in [0.2, 0.25) is 0 Å². The zero-order valence-corrected chi connectivity index (χ0v) is 10.6. The maximum absolute atomic E-state index is 5.72. The minimum absolute atomic E-state index is 0.150. The summed E-state index contributed by atoms with van der Waals surface area (Å²) in [5, 5.41) is 0. The van der Waals surface area contributed by atoms with Crippen molar-refractivity contribution in [3.63, 3.8) is 0 Å². The molecular weight excluding hydrogens is 226 g/mol. The van der Waals surface area contributed by atoms with E-state index < -0.39 is 0 Å². The lowest BCUT2D eigenvalue weighted by Gasteiger charge is -2.11. The summed E-state index contributed by atoms with van der Waals surface area (Å²) >= 11 is 0. The Morgan fingerprint density at radius 1 is 0.889 bits per heavy atom. The Morgan fingerprint density at radius 2 is 1.56 bits per heavy atom. The van der Waals surface area contributed by atoms with E-state index in [-0.39, 0.29) is 6.10 Å². The van der Waals surface area contributed by atoms with Crippen molar-refractivity contribution < 1.29 is 9.47 Å². The summed E-state index contributed by atoms with van der Waals surface area (Å²) in [6, 6.07) is 14.9. The highest BCUT2D eigenvalue weighted by Gasteiger charge is 2.01. The maximum atomic E-state index is 5.72. The zero-order valence-electron chi connectivity index (χ0n) is 10.6. The van der Waals surface area contributed by atoms with Gasteiger partial charge in [0.1, 0.15) is 17.2 Å². The van der Waals surface area contributed by atoms with Gasteiger partial charge >= 0.3 is 0 Å². The number of hydrogen-bond acceptors (Lipinski definition) is 3. The summed E-state index contributed by atoms with van der Waals surface area (Å²) < 4.78 is 11.3. The van der Waals surface area contributed by atoms with Crippen LogP contribution in [0.3, 0.4) is 0 Å². The van der Waals surface area contributed by atoms with Gasteiger partial charge < -0.3 is 15.2 Å². The molecule has 18 heavy (non-hydrogen) atoms. The molecule has 0 unspecified atom stereocenters. The lowest BCUT2D eigenvalue weighted by molar-refractivity contribution is 0.241. The van der Waals surface area contributed by atoms with E-state index in [1.807, 2.05) is 62.4 Å². The SMILES string of the molecule is CC(C)Oc1cccc(Oc2ccc(N)cc2)c1. The molecule has 3 nitrogen and oxygen atoms in total. The molecule has 0 fully saturated rings. The fraction of sp³-hybridized carbons (Fsp3) is 0.200. The molecule has 2 N–H and O–H groups in total. The maximum Gasteiger partial charge on any atom is 0.131 e. The number of ether oxygens (including phenoxy) is 2. The summed E-state index contributed by atoms with van der Waals surface area (Å²) in [5.41, 5.74) is 6.34. The molecule has 2 aromatic rings. The molecule has 0 atom stereocenters. The second-order valence-corrected chi connectivity index (χ2v) is 4.31. The Bertz CT molecular complexity index is 506. The van der Waals surface area contributed by atoms with Gasteiger partial charge in [0.25, 0.3) is 0 Å². The highest BCUT2D eigenvalue weighted by Crippen LogP contribution is 2.26. The molecule has 0 aliphatic carbocycles. The Labute approximate surface area is 107 Å². The normalized spacial score (nSPS) is 10.4. The molecule has 0 saturated heterocycles. The molecule has 0 saturated carbocycles.